The summed E-state index contributed by atoms with van der Waals surface area (Å²) in [6.45, 7) is 23.7. The maximum atomic E-state index is 13.1. The van der Waals surface area contributed by atoms with Crippen LogP contribution in [-0.2, 0) is 42.9 Å². The molecule has 3 saturated heterocycles. The second-order valence-corrected chi connectivity index (χ2v) is 21.2. The van der Waals surface area contributed by atoms with Gasteiger partial charge in [0.25, 0.3) is 0 Å². The Labute approximate surface area is 366 Å². The molecule has 0 aromatic carbocycles. The number of ether oxygens (including phenoxy) is 5. The fourth-order valence-electron chi connectivity index (χ4n) is 9.32. The third kappa shape index (κ3) is 15.1. The van der Waals surface area contributed by atoms with Crippen LogP contribution in [0.5, 0.6) is 0 Å². The molecule has 3 rings (SSSR count). The SMILES string of the molecule is CC1(C)CC(OC(=O)CCN(CCC(=O)OC2CC(C)(C)N(O)C(C)(C)C2)COCCOCN(CCC(=O)OC2CC(C)(C)N(O)C(C)(C)C2)C(=O)CBr)CC(C)(C)N1O. The van der Waals surface area contributed by atoms with Crippen LogP contribution in [0.3, 0.4) is 0 Å². The van der Waals surface area contributed by atoms with Crippen molar-refractivity contribution >= 4 is 39.7 Å². The summed E-state index contributed by atoms with van der Waals surface area (Å²) in [5.41, 5.74) is -3.45. The Balaban J connectivity index is 1.51. The van der Waals surface area contributed by atoms with Crippen LogP contribution in [0.1, 0.15) is 141 Å². The molecule has 60 heavy (non-hydrogen) atoms. The number of amides is 1. The van der Waals surface area contributed by atoms with Crippen molar-refractivity contribution in [2.75, 3.05) is 51.6 Å². The summed E-state index contributed by atoms with van der Waals surface area (Å²) in [6, 6.07) is 0. The summed E-state index contributed by atoms with van der Waals surface area (Å²) in [5.74, 6) is -1.48. The van der Waals surface area contributed by atoms with E-state index in [0.29, 0.717) is 38.5 Å². The van der Waals surface area contributed by atoms with Gasteiger partial charge in [-0.1, -0.05) is 15.9 Å². The normalized spacial score (nSPS) is 23.3. The monoisotopic (exact) mass is 921 g/mol. The second-order valence-electron chi connectivity index (χ2n) is 20.6. The number of carbonyl (C=O) groups excluding carboxylic acids is 4. The summed E-state index contributed by atoms with van der Waals surface area (Å²) in [7, 11) is 0. The number of rotatable bonds is 20. The van der Waals surface area contributed by atoms with Crippen LogP contribution in [-0.4, -0.2) is 168 Å². The molecule has 0 bridgehead atoms. The van der Waals surface area contributed by atoms with Gasteiger partial charge < -0.3 is 44.2 Å². The van der Waals surface area contributed by atoms with Crippen LogP contribution < -0.4 is 0 Å². The molecule has 3 fully saturated rings. The Morgan fingerprint density at radius 3 is 1.10 bits per heavy atom. The molecule has 0 atom stereocenters. The minimum Gasteiger partial charge on any atom is -0.462 e. The van der Waals surface area contributed by atoms with Crippen LogP contribution in [0.25, 0.3) is 0 Å². The van der Waals surface area contributed by atoms with Gasteiger partial charge in [-0.2, -0.15) is 15.2 Å². The number of hydroxylamine groups is 6. The fraction of sp³-hybridized carbons (Fsp3) is 0.905. The Kier molecular flexibility index (Phi) is 18.4. The third-order valence-corrected chi connectivity index (χ3v) is 12.4. The van der Waals surface area contributed by atoms with Crippen molar-refractivity contribution in [3.63, 3.8) is 0 Å². The smallest absolute Gasteiger partial charge is 0.307 e. The molecule has 348 valence electrons. The lowest BCUT2D eigenvalue weighted by atomic mass is 9.80. The highest BCUT2D eigenvalue weighted by Gasteiger charge is 2.48. The largest absolute Gasteiger partial charge is 0.462 e. The lowest BCUT2D eigenvalue weighted by molar-refractivity contribution is -0.259. The van der Waals surface area contributed by atoms with Crippen molar-refractivity contribution in [3.05, 3.63) is 0 Å². The zero-order valence-electron chi connectivity index (χ0n) is 38.4. The zero-order chi connectivity index (χ0) is 45.5. The van der Waals surface area contributed by atoms with Gasteiger partial charge in [0.1, 0.15) is 25.0 Å². The van der Waals surface area contributed by atoms with Gasteiger partial charge in [-0.05, 0) is 83.1 Å². The lowest BCUT2D eigenvalue weighted by Gasteiger charge is -2.50. The van der Waals surface area contributed by atoms with Crippen molar-refractivity contribution in [2.45, 2.75) is 192 Å². The highest BCUT2D eigenvalue weighted by Crippen LogP contribution is 2.40. The maximum Gasteiger partial charge on any atom is 0.307 e. The molecule has 17 nitrogen and oxygen atoms in total. The molecule has 0 unspecified atom stereocenters. The molecule has 0 saturated carbocycles. The van der Waals surface area contributed by atoms with E-state index in [-0.39, 0.29) is 95.1 Å². The van der Waals surface area contributed by atoms with Gasteiger partial charge in [-0.3, -0.25) is 24.1 Å². The average molecular weight is 923 g/mol. The van der Waals surface area contributed by atoms with Crippen molar-refractivity contribution in [3.8, 4) is 0 Å². The van der Waals surface area contributed by atoms with E-state index in [0.717, 1.165) is 0 Å². The molecule has 3 aliphatic heterocycles. The summed E-state index contributed by atoms with van der Waals surface area (Å²) >= 11 is 3.20. The molecule has 0 aliphatic carbocycles. The molecule has 0 spiro atoms. The lowest BCUT2D eigenvalue weighted by Crippen LogP contribution is -2.60. The molecular formula is C42H76BrN5O12. The van der Waals surface area contributed by atoms with Crippen molar-refractivity contribution in [1.29, 1.82) is 0 Å². The summed E-state index contributed by atoms with van der Waals surface area (Å²) in [6.07, 6.45) is 1.83. The molecule has 3 heterocycles. The number of esters is 3. The molecule has 3 aliphatic rings. The quantitative estimate of drug-likeness (QED) is 0.0456. The Morgan fingerprint density at radius 1 is 0.517 bits per heavy atom. The first-order valence-corrected chi connectivity index (χ1v) is 22.4. The molecular weight excluding hydrogens is 846 g/mol. The minimum atomic E-state index is -0.577. The van der Waals surface area contributed by atoms with Gasteiger partial charge >= 0.3 is 17.9 Å². The highest BCUT2D eigenvalue weighted by atomic mass is 79.9. The topological polar surface area (TPSA) is 191 Å². The number of hydrogen-bond acceptors (Lipinski definition) is 16. The number of carbonyl (C=O) groups is 4. The Hall–Kier alpha value is -2.00. The van der Waals surface area contributed by atoms with Crippen molar-refractivity contribution < 1.29 is 58.5 Å². The number of halogens is 1. The van der Waals surface area contributed by atoms with Crippen LogP contribution in [0.2, 0.25) is 0 Å². The van der Waals surface area contributed by atoms with Gasteiger partial charge in [0.05, 0.1) is 44.5 Å². The predicted octanol–water partition coefficient (Wildman–Crippen LogP) is 5.49. The van der Waals surface area contributed by atoms with E-state index >= 15 is 0 Å². The number of hydrogen-bond donors (Lipinski definition) is 3. The first-order valence-electron chi connectivity index (χ1n) is 21.3. The number of alkyl halides is 1. The molecule has 1 amide bonds. The highest BCUT2D eigenvalue weighted by molar-refractivity contribution is 9.09. The number of nitrogens with zero attached hydrogens (tertiary/aromatic N) is 5. The molecule has 0 radical (unpaired) electrons. The van der Waals surface area contributed by atoms with E-state index in [9.17, 15) is 34.8 Å². The second kappa shape index (κ2) is 21.1. The average Bonchev–Trinajstić information content (AvgIpc) is 3.10. The van der Waals surface area contributed by atoms with Gasteiger partial charge in [-0.15, -0.1) is 0 Å². The Morgan fingerprint density at radius 2 is 0.800 bits per heavy atom. The van der Waals surface area contributed by atoms with E-state index in [1.807, 2.05) is 88.0 Å². The third-order valence-electron chi connectivity index (χ3n) is 11.9. The van der Waals surface area contributed by atoms with Gasteiger partial charge in [0.2, 0.25) is 5.91 Å². The van der Waals surface area contributed by atoms with E-state index in [4.69, 9.17) is 23.7 Å². The van der Waals surface area contributed by atoms with Gasteiger partial charge in [0.15, 0.2) is 0 Å². The van der Waals surface area contributed by atoms with E-state index < -0.39 is 51.1 Å². The van der Waals surface area contributed by atoms with Crippen LogP contribution in [0.4, 0.5) is 0 Å². The molecule has 0 aromatic rings. The summed E-state index contributed by atoms with van der Waals surface area (Å²) in [4.78, 5) is 55.0. The maximum absolute atomic E-state index is 13.1. The number of piperidine rings is 3. The Bertz CT molecular complexity index is 1350. The van der Waals surface area contributed by atoms with E-state index in [2.05, 4.69) is 15.9 Å². The summed E-state index contributed by atoms with van der Waals surface area (Å²) in [5, 5.41) is 35.9. The van der Waals surface area contributed by atoms with Gasteiger partial charge in [0, 0.05) is 91.4 Å². The summed E-state index contributed by atoms with van der Waals surface area (Å²) < 4.78 is 29.2. The predicted molar refractivity (Wildman–Crippen MR) is 225 cm³/mol. The molecule has 18 heteroatoms. The van der Waals surface area contributed by atoms with E-state index in [1.54, 1.807) is 0 Å². The van der Waals surface area contributed by atoms with Crippen LogP contribution in [0.15, 0.2) is 0 Å². The van der Waals surface area contributed by atoms with Crippen LogP contribution >= 0.6 is 15.9 Å². The fourth-order valence-corrected chi connectivity index (χ4v) is 9.67. The first kappa shape index (κ1) is 52.3. The van der Waals surface area contributed by atoms with Gasteiger partial charge in [-0.25, -0.2) is 0 Å². The van der Waals surface area contributed by atoms with Crippen molar-refractivity contribution in [1.82, 2.24) is 25.0 Å². The van der Waals surface area contributed by atoms with Crippen molar-refractivity contribution in [2.24, 2.45) is 0 Å². The molecule has 3 N–H and O–H groups in total. The first-order chi connectivity index (χ1) is 27.5. The minimum absolute atomic E-state index is 0.0229. The molecule has 0 aromatic heterocycles. The zero-order valence-corrected chi connectivity index (χ0v) is 40.0. The van der Waals surface area contributed by atoms with E-state index in [1.165, 1.54) is 20.1 Å². The van der Waals surface area contributed by atoms with Crippen LogP contribution in [0, 0.1) is 0 Å². The standard InChI is InChI=1S/C42H76BrN5O12/c1-37(2)21-30(22-38(3,4)46(37)53)58-34(50)13-16-44(17-14-35(51)59-31-23-39(5,6)47(54)40(7,8)24-31)28-56-19-20-57-29-45(33(49)27-43)18-15-36(52)60-32-25-41(9,10)48(55)42(11,12)26-32/h30-32,53-55H,13-29H2,1-12H3.